The monoisotopic (exact) mass is 1150 g/mol. The third kappa shape index (κ3) is 23.8. The highest BCUT2D eigenvalue weighted by Gasteiger charge is 2.31. The van der Waals surface area contributed by atoms with Gasteiger partial charge in [0.05, 0.1) is 68.3 Å². The fourth-order valence-electron chi connectivity index (χ4n) is 7.77. The molecule has 2 unspecified atom stereocenters. The second kappa shape index (κ2) is 34.1. The number of ether oxygens (including phenoxy) is 4. The average Bonchev–Trinajstić information content (AvgIpc) is 3.81. The number of terminal acetylenes is 1. The van der Waals surface area contributed by atoms with E-state index in [0.717, 1.165) is 47.9 Å². The third-order valence-electron chi connectivity index (χ3n) is 12.4. The Labute approximate surface area is 478 Å². The minimum Gasteiger partial charge on any atom is -0.478 e. The molecule has 82 heavy (non-hydrogen) atoms. The number of hydrogen-bond acceptors (Lipinski definition) is 16. The lowest BCUT2D eigenvalue weighted by Crippen LogP contribution is -2.50. The fraction of sp³-hybridized carbons (Fsp3) is 0.397. The first-order chi connectivity index (χ1) is 39.4. The van der Waals surface area contributed by atoms with Crippen LogP contribution in [0, 0.1) is 17.8 Å². The number of unbranched alkanes of at least 4 members (excludes halogenated alkanes) is 1. The molecule has 0 saturated carbocycles. The van der Waals surface area contributed by atoms with Gasteiger partial charge >= 0.3 is 6.03 Å². The van der Waals surface area contributed by atoms with Crippen LogP contribution in [-0.4, -0.2) is 143 Å². The van der Waals surface area contributed by atoms with Crippen LogP contribution in [0.4, 0.5) is 10.6 Å². The molecule has 1 fully saturated rings. The highest BCUT2D eigenvalue weighted by Crippen LogP contribution is 2.29. The number of hydrogen-bond donors (Lipinski definition) is 8. The number of hydrazone groups is 1. The zero-order valence-electron chi connectivity index (χ0n) is 46.2. The van der Waals surface area contributed by atoms with Crippen molar-refractivity contribution in [3.8, 4) is 40.6 Å². The van der Waals surface area contributed by atoms with Crippen molar-refractivity contribution in [2.75, 3.05) is 71.3 Å². The zero-order valence-corrected chi connectivity index (χ0v) is 47.1. The molecule has 5 rings (SSSR count). The smallest absolute Gasteiger partial charge is 0.322 e. The van der Waals surface area contributed by atoms with Crippen LogP contribution in [0.1, 0.15) is 76.1 Å². The van der Waals surface area contributed by atoms with Crippen LogP contribution in [0.2, 0.25) is 0 Å². The summed E-state index contributed by atoms with van der Waals surface area (Å²) in [5.41, 5.74) is 6.11. The van der Waals surface area contributed by atoms with Crippen molar-refractivity contribution in [2.45, 2.75) is 77.8 Å². The second-order valence-electron chi connectivity index (χ2n) is 19.5. The van der Waals surface area contributed by atoms with Crippen molar-refractivity contribution in [3.05, 3.63) is 119 Å². The number of aromatic nitrogens is 2. The molecule has 1 aliphatic heterocycles. The molecule has 0 radical (unpaired) electrons. The SMILES string of the molecule is C#C/C=C/C(/C=N\Nc1ccc(C(=O)NC(CC(=O)NCCCOCCOCCOCCCNC(=O)CC2NC(=O)NC2=O)C(=O)NCC(C)(C)CCCCOc2cc(-c3ccccc3)cc(-c3ccccc3)n2)cn1)=C(\C)S(=O)(=O)O. The van der Waals surface area contributed by atoms with Crippen molar-refractivity contribution in [2.24, 2.45) is 10.5 Å². The van der Waals surface area contributed by atoms with Gasteiger partial charge in [-0.2, -0.15) is 13.5 Å². The van der Waals surface area contributed by atoms with Gasteiger partial charge in [0, 0.05) is 56.2 Å². The lowest BCUT2D eigenvalue weighted by molar-refractivity contribution is -0.128. The molecule has 2 aromatic heterocycles. The lowest BCUT2D eigenvalue weighted by atomic mass is 9.87. The van der Waals surface area contributed by atoms with Gasteiger partial charge in [-0.15, -0.1) is 6.42 Å². The van der Waals surface area contributed by atoms with Crippen molar-refractivity contribution in [3.63, 3.8) is 0 Å². The number of urea groups is 1. The predicted octanol–water partition coefficient (Wildman–Crippen LogP) is 5.10. The predicted molar refractivity (Wildman–Crippen MR) is 308 cm³/mol. The van der Waals surface area contributed by atoms with Gasteiger partial charge in [0.1, 0.15) is 17.9 Å². The maximum atomic E-state index is 13.9. The van der Waals surface area contributed by atoms with E-state index in [2.05, 4.69) is 53.3 Å². The number of amides is 7. The summed E-state index contributed by atoms with van der Waals surface area (Å²) in [6.45, 7) is 8.41. The van der Waals surface area contributed by atoms with Gasteiger partial charge in [-0.05, 0) is 85.9 Å². The molecule has 1 aliphatic rings. The van der Waals surface area contributed by atoms with E-state index in [9.17, 15) is 41.7 Å². The highest BCUT2D eigenvalue weighted by atomic mass is 32.2. The summed E-state index contributed by atoms with van der Waals surface area (Å²) in [6, 6.07) is 24.0. The third-order valence-corrected chi connectivity index (χ3v) is 13.4. The quantitative estimate of drug-likeness (QED) is 0.00559. The maximum Gasteiger partial charge on any atom is 0.322 e. The summed E-state index contributed by atoms with van der Waals surface area (Å²) in [5, 5.41) is 19.5. The maximum absolute atomic E-state index is 13.9. The second-order valence-corrected chi connectivity index (χ2v) is 21.0. The summed E-state index contributed by atoms with van der Waals surface area (Å²) >= 11 is 0. The van der Waals surface area contributed by atoms with Gasteiger partial charge in [0.15, 0.2) is 0 Å². The number of rotatable bonds is 36. The van der Waals surface area contributed by atoms with Crippen molar-refractivity contribution in [1.29, 1.82) is 0 Å². The highest BCUT2D eigenvalue weighted by molar-refractivity contribution is 7.89. The first kappa shape index (κ1) is 64.5. The standard InChI is InChI=1S/C58H72N10O13S/c1-5-6-17-44(41(2)82(75,76)77)39-63-68-50-23-22-45(38-61-50)54(71)65-48(36-51(69)59-25-15-27-78-30-32-80-33-31-79-28-16-26-60-52(70)37-49-56(73)67-57(74)66-49)55(72)62-40-58(3,4)24-13-14-29-81-53-35-46(42-18-9-7-10-19-42)34-47(64-53)43-20-11-8-12-21-43/h1,6-12,17-23,34-35,38-39,48-49H,13-16,24-33,36-37,40H2,2-4H3,(H,59,69)(H,60,70)(H,61,68)(H,62,72)(H,65,71)(H,75,76,77)(H2,66,67,73,74)/b17-6+,44-41-,63-39-. The van der Waals surface area contributed by atoms with Gasteiger partial charge < -0.3 is 45.5 Å². The van der Waals surface area contributed by atoms with Gasteiger partial charge in [-0.3, -0.25) is 39.3 Å². The van der Waals surface area contributed by atoms with Gasteiger partial charge in [-0.1, -0.05) is 80.4 Å². The van der Waals surface area contributed by atoms with Crippen molar-refractivity contribution in [1.82, 2.24) is 41.9 Å². The molecule has 3 heterocycles. The van der Waals surface area contributed by atoms with Crippen LogP contribution >= 0.6 is 0 Å². The molecule has 7 amide bonds. The van der Waals surface area contributed by atoms with E-state index in [4.69, 9.17) is 30.4 Å². The van der Waals surface area contributed by atoms with E-state index in [0.29, 0.717) is 71.5 Å². The molecule has 0 spiro atoms. The number of carbonyl (C=O) groups is 6. The van der Waals surface area contributed by atoms with Crippen LogP contribution in [0.3, 0.4) is 0 Å². The molecule has 2 atom stereocenters. The van der Waals surface area contributed by atoms with Crippen LogP contribution in [-0.2, 0) is 43.5 Å². The van der Waals surface area contributed by atoms with Gasteiger partial charge in [0.25, 0.3) is 21.9 Å². The van der Waals surface area contributed by atoms with E-state index in [1.165, 1.54) is 37.4 Å². The molecule has 8 N–H and O–H groups in total. The molecule has 23 nitrogen and oxygen atoms in total. The molecular formula is C58H72N10O13S. The first-order valence-electron chi connectivity index (χ1n) is 26.7. The van der Waals surface area contributed by atoms with E-state index in [1.807, 2.05) is 86.6 Å². The number of imide groups is 1. The number of benzene rings is 2. The molecule has 24 heteroatoms. The normalized spacial score (nSPS) is 14.1. The van der Waals surface area contributed by atoms with E-state index in [1.54, 1.807) is 0 Å². The molecule has 438 valence electrons. The minimum absolute atomic E-state index is 0.00288. The number of carbonyl (C=O) groups excluding carboxylic acids is 6. The Hall–Kier alpha value is -8.34. The van der Waals surface area contributed by atoms with E-state index < -0.39 is 56.8 Å². The summed E-state index contributed by atoms with van der Waals surface area (Å²) in [4.78, 5) is 84.0. The van der Waals surface area contributed by atoms with Crippen LogP contribution in [0.25, 0.3) is 22.4 Å². The molecule has 4 aromatic rings. The van der Waals surface area contributed by atoms with Crippen LogP contribution < -0.4 is 42.1 Å². The number of anilines is 1. The Balaban J connectivity index is 1.06. The molecule has 0 aliphatic carbocycles. The molecular weight excluding hydrogens is 1080 g/mol. The lowest BCUT2D eigenvalue weighted by Gasteiger charge is -2.27. The van der Waals surface area contributed by atoms with Gasteiger partial charge in [-0.25, -0.2) is 14.8 Å². The van der Waals surface area contributed by atoms with Crippen molar-refractivity contribution < 1.29 is 60.7 Å². The molecule has 0 bridgehead atoms. The average molecular weight is 1150 g/mol. The topological polar surface area (TPSA) is 316 Å². The largest absolute Gasteiger partial charge is 0.478 e. The number of allylic oxidation sites excluding steroid dienone is 4. The van der Waals surface area contributed by atoms with Crippen LogP contribution in [0.15, 0.2) is 119 Å². The Morgan fingerprint density at radius 3 is 2.07 bits per heavy atom. The van der Waals surface area contributed by atoms with E-state index in [-0.39, 0.29) is 54.2 Å². The number of nitrogens with zero attached hydrogens (tertiary/aromatic N) is 3. The summed E-state index contributed by atoms with van der Waals surface area (Å²) in [7, 11) is -4.53. The summed E-state index contributed by atoms with van der Waals surface area (Å²) in [5.74, 6) is 0.290. The number of pyridine rings is 2. The zero-order chi connectivity index (χ0) is 59.2. The number of nitrogens with one attached hydrogen (secondary N) is 7. The Morgan fingerprint density at radius 2 is 1.46 bits per heavy atom. The first-order valence-corrected chi connectivity index (χ1v) is 28.1. The summed E-state index contributed by atoms with van der Waals surface area (Å²) < 4.78 is 55.7. The van der Waals surface area contributed by atoms with E-state index >= 15 is 0 Å². The minimum atomic E-state index is -4.53. The van der Waals surface area contributed by atoms with Gasteiger partial charge in [0.2, 0.25) is 23.6 Å². The fourth-order valence-corrected chi connectivity index (χ4v) is 8.19. The van der Waals surface area contributed by atoms with Crippen LogP contribution in [0.5, 0.6) is 5.88 Å². The Bertz CT molecular complexity index is 2950. The summed E-state index contributed by atoms with van der Waals surface area (Å²) in [6.07, 6.45) is 12.8. The molecule has 2 aromatic carbocycles. The van der Waals surface area contributed by atoms with Crippen molar-refractivity contribution >= 4 is 57.7 Å². The Morgan fingerprint density at radius 1 is 0.817 bits per heavy atom. The molecule has 1 saturated heterocycles. The Kier molecular flexibility index (Phi) is 26.8.